The fourth-order valence-corrected chi connectivity index (χ4v) is 7.77. The lowest BCUT2D eigenvalue weighted by Gasteiger charge is -2.40. The Balaban J connectivity index is 1.37. The number of piperidine rings is 1. The molecule has 0 radical (unpaired) electrons. The summed E-state index contributed by atoms with van der Waals surface area (Å²) in [6, 6.07) is 19.3. The van der Waals surface area contributed by atoms with Crippen molar-refractivity contribution in [2.45, 2.75) is 90.9 Å². The SMILES string of the molecule is CCN(c1cc(-c2ccc(CN3CCCCC3)cc2)cc2c(NCc3c(C)cc(C)[nH]c3=O)nccc12)C1CCC(N(C)C)CC1. The van der Waals surface area contributed by atoms with Gasteiger partial charge in [-0.15, -0.1) is 0 Å². The molecule has 0 bridgehead atoms. The van der Waals surface area contributed by atoms with Crippen LogP contribution in [0.2, 0.25) is 0 Å². The standard InChI is InChI=1S/C39H52N6O/c1-6-45(33-16-14-32(15-17-33)43(4)5)37-24-31(30-12-10-29(11-13-30)26-44-20-8-7-9-21-44)23-35-34(37)18-19-40-38(35)41-25-36-27(2)22-28(3)42-39(36)46/h10-13,18-19,22-24,32-33H,6-9,14-17,20-21,25-26H2,1-5H3,(H,40,41)(H,42,46). The zero-order valence-corrected chi connectivity index (χ0v) is 28.5. The molecule has 2 fully saturated rings. The third-order valence-electron chi connectivity index (χ3n) is 10.4. The van der Waals surface area contributed by atoms with Crippen molar-refractivity contribution < 1.29 is 0 Å². The minimum absolute atomic E-state index is 0.0401. The number of aromatic nitrogens is 2. The second kappa shape index (κ2) is 14.4. The summed E-state index contributed by atoms with van der Waals surface area (Å²) in [7, 11) is 4.43. The number of fused-ring (bicyclic) bond motifs is 1. The van der Waals surface area contributed by atoms with Crippen LogP contribution in [-0.4, -0.2) is 65.6 Å². The van der Waals surface area contributed by atoms with E-state index in [1.807, 2.05) is 26.1 Å². The number of pyridine rings is 2. The van der Waals surface area contributed by atoms with Crippen LogP contribution in [0.15, 0.2) is 59.5 Å². The Bertz CT molecular complexity index is 1680. The summed E-state index contributed by atoms with van der Waals surface area (Å²) in [6.07, 6.45) is 10.7. The van der Waals surface area contributed by atoms with Gasteiger partial charge < -0.3 is 20.1 Å². The van der Waals surface area contributed by atoms with E-state index in [0.29, 0.717) is 18.6 Å². The van der Waals surface area contributed by atoms with Gasteiger partial charge in [0.05, 0.1) is 0 Å². The first-order valence-electron chi connectivity index (χ1n) is 17.4. The van der Waals surface area contributed by atoms with Gasteiger partial charge >= 0.3 is 0 Å². The number of anilines is 2. The molecule has 244 valence electrons. The van der Waals surface area contributed by atoms with Crippen molar-refractivity contribution in [1.29, 1.82) is 0 Å². The summed E-state index contributed by atoms with van der Waals surface area (Å²) in [5.74, 6) is 0.814. The molecule has 3 heterocycles. The lowest BCUT2D eigenvalue weighted by Crippen LogP contribution is -2.42. The molecule has 1 aliphatic carbocycles. The van der Waals surface area contributed by atoms with Crippen molar-refractivity contribution in [3.05, 3.63) is 87.5 Å². The number of nitrogens with zero attached hydrogens (tertiary/aromatic N) is 4. The molecule has 2 aromatic heterocycles. The summed E-state index contributed by atoms with van der Waals surface area (Å²) in [5, 5.41) is 5.85. The van der Waals surface area contributed by atoms with E-state index < -0.39 is 0 Å². The fraction of sp³-hybridized carbons (Fsp3) is 0.487. The molecule has 0 amide bonds. The molecule has 46 heavy (non-hydrogen) atoms. The molecule has 1 saturated carbocycles. The highest BCUT2D eigenvalue weighted by Gasteiger charge is 2.28. The molecule has 2 N–H and O–H groups in total. The van der Waals surface area contributed by atoms with E-state index >= 15 is 0 Å². The van der Waals surface area contributed by atoms with Crippen molar-refractivity contribution in [3.8, 4) is 11.1 Å². The molecule has 4 aromatic rings. The van der Waals surface area contributed by atoms with E-state index in [4.69, 9.17) is 4.98 Å². The molecule has 7 nitrogen and oxygen atoms in total. The second-order valence-electron chi connectivity index (χ2n) is 13.8. The van der Waals surface area contributed by atoms with Gasteiger partial charge in [-0.25, -0.2) is 4.98 Å². The Morgan fingerprint density at radius 3 is 2.28 bits per heavy atom. The van der Waals surface area contributed by atoms with E-state index in [1.54, 1.807) is 0 Å². The lowest BCUT2D eigenvalue weighted by molar-refractivity contribution is 0.214. The highest BCUT2D eigenvalue weighted by atomic mass is 16.1. The first-order chi connectivity index (χ1) is 22.3. The Hall–Kier alpha value is -3.68. The van der Waals surface area contributed by atoms with Crippen molar-refractivity contribution in [3.63, 3.8) is 0 Å². The third kappa shape index (κ3) is 7.16. The summed E-state index contributed by atoms with van der Waals surface area (Å²) in [5.41, 5.74) is 7.65. The van der Waals surface area contributed by atoms with Gasteiger partial charge in [0.1, 0.15) is 5.82 Å². The molecule has 1 aliphatic heterocycles. The molecule has 0 atom stereocenters. The zero-order valence-electron chi connectivity index (χ0n) is 28.5. The second-order valence-corrected chi connectivity index (χ2v) is 13.8. The maximum atomic E-state index is 12.8. The zero-order chi connectivity index (χ0) is 32.2. The van der Waals surface area contributed by atoms with Gasteiger partial charge in [-0.1, -0.05) is 30.7 Å². The Labute approximate surface area is 275 Å². The fourth-order valence-electron chi connectivity index (χ4n) is 7.77. The highest BCUT2D eigenvalue weighted by Crippen LogP contribution is 2.39. The summed E-state index contributed by atoms with van der Waals surface area (Å²) < 4.78 is 0. The first-order valence-corrected chi connectivity index (χ1v) is 17.4. The maximum absolute atomic E-state index is 12.8. The monoisotopic (exact) mass is 620 g/mol. The first kappa shape index (κ1) is 32.3. The van der Waals surface area contributed by atoms with Crippen LogP contribution in [0.5, 0.6) is 0 Å². The summed E-state index contributed by atoms with van der Waals surface area (Å²) in [6.45, 7) is 11.0. The number of aromatic amines is 1. The molecule has 0 spiro atoms. The van der Waals surface area contributed by atoms with E-state index in [1.165, 1.54) is 85.8 Å². The Morgan fingerprint density at radius 2 is 1.61 bits per heavy atom. The van der Waals surface area contributed by atoms with Crippen molar-refractivity contribution in [1.82, 2.24) is 19.8 Å². The molecule has 2 aromatic carbocycles. The molecule has 7 heteroatoms. The number of hydrogen-bond acceptors (Lipinski definition) is 6. The average molecular weight is 621 g/mol. The predicted octanol–water partition coefficient (Wildman–Crippen LogP) is 7.50. The minimum atomic E-state index is -0.0401. The number of nitrogens with one attached hydrogen (secondary N) is 2. The molecule has 2 aliphatic rings. The van der Waals surface area contributed by atoms with Crippen LogP contribution >= 0.6 is 0 Å². The van der Waals surface area contributed by atoms with Gasteiger partial charge in [0.2, 0.25) is 0 Å². The Morgan fingerprint density at radius 1 is 0.891 bits per heavy atom. The van der Waals surface area contributed by atoms with Crippen LogP contribution in [0, 0.1) is 13.8 Å². The van der Waals surface area contributed by atoms with E-state index in [9.17, 15) is 4.79 Å². The van der Waals surface area contributed by atoms with Crippen LogP contribution in [0.25, 0.3) is 21.9 Å². The maximum Gasteiger partial charge on any atom is 0.253 e. The van der Waals surface area contributed by atoms with E-state index in [-0.39, 0.29) is 5.56 Å². The minimum Gasteiger partial charge on any atom is -0.368 e. The third-order valence-corrected chi connectivity index (χ3v) is 10.4. The van der Waals surface area contributed by atoms with Crippen LogP contribution < -0.4 is 15.8 Å². The number of H-pyrrole nitrogens is 1. The van der Waals surface area contributed by atoms with E-state index in [2.05, 4.69) is 88.5 Å². The Kier molecular flexibility index (Phi) is 10.1. The highest BCUT2D eigenvalue weighted by molar-refractivity contribution is 6.03. The average Bonchev–Trinajstić information content (AvgIpc) is 3.05. The number of rotatable bonds is 10. The van der Waals surface area contributed by atoms with Crippen LogP contribution in [0.4, 0.5) is 11.5 Å². The summed E-state index contributed by atoms with van der Waals surface area (Å²) in [4.78, 5) is 28.2. The molecule has 1 saturated heterocycles. The quantitative estimate of drug-likeness (QED) is 0.191. The van der Waals surface area contributed by atoms with Gasteiger partial charge in [-0.05, 0) is 133 Å². The molecule has 6 rings (SSSR count). The molecular weight excluding hydrogens is 568 g/mol. The number of hydrogen-bond donors (Lipinski definition) is 2. The van der Waals surface area contributed by atoms with Crippen LogP contribution in [0.3, 0.4) is 0 Å². The van der Waals surface area contributed by atoms with Gasteiger partial charge in [-0.3, -0.25) is 9.69 Å². The van der Waals surface area contributed by atoms with Gasteiger partial charge in [0, 0.05) is 65.6 Å². The normalized spacial score (nSPS) is 19.1. The molecular formula is C39H52N6O. The van der Waals surface area contributed by atoms with Crippen molar-refractivity contribution in [2.75, 3.05) is 43.9 Å². The predicted molar refractivity (Wildman–Crippen MR) is 193 cm³/mol. The van der Waals surface area contributed by atoms with Crippen molar-refractivity contribution >= 4 is 22.3 Å². The smallest absolute Gasteiger partial charge is 0.253 e. The number of benzene rings is 2. The van der Waals surface area contributed by atoms with Crippen molar-refractivity contribution in [2.24, 2.45) is 0 Å². The largest absolute Gasteiger partial charge is 0.368 e. The number of aryl methyl sites for hydroxylation is 2. The summed E-state index contributed by atoms with van der Waals surface area (Å²) >= 11 is 0. The van der Waals surface area contributed by atoms with E-state index in [0.717, 1.165) is 41.1 Å². The van der Waals surface area contributed by atoms with Gasteiger partial charge in [-0.2, -0.15) is 0 Å². The van der Waals surface area contributed by atoms with Gasteiger partial charge in [0.25, 0.3) is 5.56 Å². The van der Waals surface area contributed by atoms with Gasteiger partial charge in [0.15, 0.2) is 0 Å². The topological polar surface area (TPSA) is 67.5 Å². The molecule has 0 unspecified atom stereocenters. The van der Waals surface area contributed by atoms with Crippen LogP contribution in [-0.2, 0) is 13.1 Å². The van der Waals surface area contributed by atoms with Crippen LogP contribution in [0.1, 0.15) is 74.3 Å². The lowest BCUT2D eigenvalue weighted by atomic mass is 9.88. The number of likely N-dealkylation sites (tertiary alicyclic amines) is 1.